The van der Waals surface area contributed by atoms with Crippen molar-refractivity contribution in [2.24, 2.45) is 0 Å². The van der Waals surface area contributed by atoms with Crippen LogP contribution < -0.4 is 0 Å². The summed E-state index contributed by atoms with van der Waals surface area (Å²) in [5.74, 6) is 0. The Morgan fingerprint density at radius 2 is 1.71 bits per heavy atom. The van der Waals surface area contributed by atoms with Crippen molar-refractivity contribution in [1.29, 1.82) is 0 Å². The molecule has 0 aromatic rings. The summed E-state index contributed by atoms with van der Waals surface area (Å²) >= 11 is 5.33. The fourth-order valence-electron chi connectivity index (χ4n) is 1.09. The summed E-state index contributed by atoms with van der Waals surface area (Å²) in [5.41, 5.74) is -0.857. The van der Waals surface area contributed by atoms with E-state index in [4.69, 9.17) is 20.6 Å². The number of rotatable bonds is 7. The highest BCUT2D eigenvalue weighted by Crippen LogP contribution is 2.54. The smallest absolute Gasteiger partial charge is 0.308 e. The quantitative estimate of drug-likeness (QED) is 0.509. The van der Waals surface area contributed by atoms with Crippen LogP contribution in [0.15, 0.2) is 0 Å². The highest BCUT2D eigenvalue weighted by molar-refractivity contribution is 7.56. The lowest BCUT2D eigenvalue weighted by atomic mass is 10.4. The van der Waals surface area contributed by atoms with Gasteiger partial charge in [0.1, 0.15) is 5.66 Å². The van der Waals surface area contributed by atoms with Crippen molar-refractivity contribution in [1.82, 2.24) is 0 Å². The summed E-state index contributed by atoms with van der Waals surface area (Å²) in [6, 6.07) is 0. The first-order chi connectivity index (χ1) is 6.51. The molecule has 4 nitrogen and oxygen atoms in total. The van der Waals surface area contributed by atoms with Crippen LogP contribution in [0.25, 0.3) is 0 Å². The van der Waals surface area contributed by atoms with Gasteiger partial charge in [-0.25, -0.2) is 0 Å². The second-order valence-electron chi connectivity index (χ2n) is 2.60. The van der Waals surface area contributed by atoms with E-state index in [0.717, 1.165) is 0 Å². The summed E-state index contributed by atoms with van der Waals surface area (Å²) in [7, 11) is -3.37. The first-order valence-electron chi connectivity index (χ1n) is 4.59. The molecule has 0 heterocycles. The van der Waals surface area contributed by atoms with Gasteiger partial charge in [0.05, 0.1) is 13.2 Å². The van der Waals surface area contributed by atoms with Gasteiger partial charge in [0, 0.05) is 0 Å². The zero-order valence-electron chi connectivity index (χ0n) is 8.66. The molecule has 0 saturated carbocycles. The van der Waals surface area contributed by atoms with Crippen molar-refractivity contribution in [2.45, 2.75) is 32.9 Å². The van der Waals surface area contributed by atoms with Crippen LogP contribution in [0, 0.1) is 0 Å². The Bertz CT molecular complexity index is 221. The number of halogens is 1. The van der Waals surface area contributed by atoms with Crippen LogP contribution in [0.3, 0.4) is 0 Å². The fourth-order valence-corrected chi connectivity index (χ4v) is 3.45. The molecule has 0 fully saturated rings. The van der Waals surface area contributed by atoms with E-state index < -0.39 is 18.5 Å². The van der Waals surface area contributed by atoms with Crippen molar-refractivity contribution in [3.63, 3.8) is 0 Å². The van der Waals surface area contributed by atoms with Gasteiger partial charge in [0.15, 0.2) is 0 Å². The second-order valence-corrected chi connectivity index (χ2v) is 5.20. The van der Waals surface area contributed by atoms with Crippen LogP contribution in [0.1, 0.15) is 27.2 Å². The average molecular weight is 243 g/mol. The molecule has 0 unspecified atom stereocenters. The van der Waals surface area contributed by atoms with E-state index in [2.05, 4.69) is 0 Å². The molecular weight excluding hydrogens is 227 g/mol. The Morgan fingerprint density at radius 3 is 1.93 bits per heavy atom. The van der Waals surface area contributed by atoms with E-state index in [-0.39, 0.29) is 13.2 Å². The zero-order chi connectivity index (χ0) is 11.2. The first kappa shape index (κ1) is 14.1. The van der Waals surface area contributed by atoms with Crippen LogP contribution in [-0.4, -0.2) is 24.1 Å². The predicted octanol–water partition coefficient (Wildman–Crippen LogP) is 2.80. The van der Waals surface area contributed by atoms with Crippen molar-refractivity contribution in [3.05, 3.63) is 0 Å². The summed E-state index contributed by atoms with van der Waals surface area (Å²) in [4.78, 5) is 11.0. The molecule has 0 N–H and O–H groups in total. The average Bonchev–Trinajstić information content (AvgIpc) is 2.04. The Kier molecular flexibility index (Phi) is 6.62. The van der Waals surface area contributed by atoms with Crippen molar-refractivity contribution >= 4 is 24.4 Å². The summed E-state index contributed by atoms with van der Waals surface area (Å²) in [6.45, 7) is 5.57. The molecule has 0 aromatic carbocycles. The Hall–Kier alpha value is 0.110. The van der Waals surface area contributed by atoms with Gasteiger partial charge in [0.2, 0.25) is 5.24 Å². The van der Waals surface area contributed by atoms with Crippen molar-refractivity contribution in [3.8, 4) is 0 Å². The standard InChI is InChI=1S/C8H16ClO4P/c1-4-7(8(9)10)14(11,12-5-2)13-6-3/h7H,4-6H2,1-3H3/t7-/m0/s1. The number of hydrogen-bond donors (Lipinski definition) is 0. The highest BCUT2D eigenvalue weighted by Gasteiger charge is 2.38. The summed E-state index contributed by atoms with van der Waals surface area (Å²) < 4.78 is 22.1. The van der Waals surface area contributed by atoms with E-state index in [0.29, 0.717) is 6.42 Å². The molecule has 0 bridgehead atoms. The van der Waals surface area contributed by atoms with E-state index in [1.54, 1.807) is 20.8 Å². The van der Waals surface area contributed by atoms with Gasteiger partial charge in [-0.3, -0.25) is 9.36 Å². The van der Waals surface area contributed by atoms with E-state index in [9.17, 15) is 9.36 Å². The Labute approximate surface area is 89.4 Å². The minimum atomic E-state index is -3.37. The third kappa shape index (κ3) is 3.70. The summed E-state index contributed by atoms with van der Waals surface area (Å²) in [6.07, 6.45) is 0.347. The SMILES string of the molecule is CCOP(=O)(OCC)[C@@H](CC)C(=O)Cl. The third-order valence-corrected chi connectivity index (χ3v) is 4.66. The van der Waals surface area contributed by atoms with Gasteiger partial charge >= 0.3 is 7.60 Å². The van der Waals surface area contributed by atoms with Crippen LogP contribution in [0.5, 0.6) is 0 Å². The monoisotopic (exact) mass is 242 g/mol. The molecule has 0 saturated heterocycles. The van der Waals surface area contributed by atoms with Crippen LogP contribution in [0.4, 0.5) is 0 Å². The lowest BCUT2D eigenvalue weighted by molar-refractivity contribution is -0.111. The van der Waals surface area contributed by atoms with Crippen molar-refractivity contribution in [2.75, 3.05) is 13.2 Å². The Morgan fingerprint density at radius 1 is 1.29 bits per heavy atom. The zero-order valence-corrected chi connectivity index (χ0v) is 10.3. The van der Waals surface area contributed by atoms with Gasteiger partial charge in [-0.15, -0.1) is 0 Å². The maximum Gasteiger partial charge on any atom is 0.342 e. The molecule has 0 rings (SSSR count). The van der Waals surface area contributed by atoms with Crippen molar-refractivity contribution < 1.29 is 18.4 Å². The molecule has 14 heavy (non-hydrogen) atoms. The molecule has 0 radical (unpaired) electrons. The van der Waals surface area contributed by atoms with E-state index in [1.165, 1.54) is 0 Å². The lowest BCUT2D eigenvalue weighted by Crippen LogP contribution is -2.18. The normalized spacial score (nSPS) is 14.0. The largest absolute Gasteiger partial charge is 0.342 e. The summed E-state index contributed by atoms with van der Waals surface area (Å²) in [5, 5.41) is -0.669. The minimum Gasteiger partial charge on any atom is -0.308 e. The van der Waals surface area contributed by atoms with Gasteiger partial charge in [0.25, 0.3) is 0 Å². The number of carbonyl (C=O) groups is 1. The van der Waals surface area contributed by atoms with E-state index in [1.807, 2.05) is 0 Å². The number of carbonyl (C=O) groups excluding carboxylic acids is 1. The van der Waals surface area contributed by atoms with Crippen LogP contribution in [-0.2, 0) is 18.4 Å². The van der Waals surface area contributed by atoms with Gasteiger partial charge in [-0.2, -0.15) is 0 Å². The van der Waals surface area contributed by atoms with Gasteiger partial charge in [-0.1, -0.05) is 6.92 Å². The Balaban J connectivity index is 4.76. The molecule has 0 amide bonds. The maximum absolute atomic E-state index is 12.0. The fraction of sp³-hybridized carbons (Fsp3) is 0.875. The molecule has 84 valence electrons. The molecule has 1 atom stereocenters. The molecule has 0 aliphatic carbocycles. The molecule has 0 aliphatic rings. The second kappa shape index (κ2) is 6.57. The molecule has 0 aromatic heterocycles. The molecular formula is C8H16ClO4P. The van der Waals surface area contributed by atoms with Gasteiger partial charge in [-0.05, 0) is 31.9 Å². The number of hydrogen-bond acceptors (Lipinski definition) is 4. The lowest BCUT2D eigenvalue weighted by Gasteiger charge is -2.22. The minimum absolute atomic E-state index is 0.234. The predicted molar refractivity (Wildman–Crippen MR) is 55.8 cm³/mol. The molecule has 0 aliphatic heterocycles. The van der Waals surface area contributed by atoms with E-state index >= 15 is 0 Å². The van der Waals surface area contributed by atoms with Gasteiger partial charge < -0.3 is 9.05 Å². The highest BCUT2D eigenvalue weighted by atomic mass is 35.5. The maximum atomic E-state index is 12.0. The topological polar surface area (TPSA) is 52.6 Å². The van der Waals surface area contributed by atoms with Crippen LogP contribution in [0.2, 0.25) is 0 Å². The molecule has 6 heteroatoms. The first-order valence-corrected chi connectivity index (χ1v) is 6.58. The van der Waals surface area contributed by atoms with Crippen LogP contribution >= 0.6 is 19.2 Å². The molecule has 0 spiro atoms. The third-order valence-electron chi connectivity index (χ3n) is 1.65.